The lowest BCUT2D eigenvalue weighted by Gasteiger charge is -2.20. The Balaban J connectivity index is 1.75. The Morgan fingerprint density at radius 1 is 1.39 bits per heavy atom. The number of aliphatic carboxylic acids is 1. The summed E-state index contributed by atoms with van der Waals surface area (Å²) in [6.07, 6.45) is 4.97. The van der Waals surface area contributed by atoms with Crippen LogP contribution < -0.4 is 5.32 Å². The fourth-order valence-corrected chi connectivity index (χ4v) is 2.73. The summed E-state index contributed by atoms with van der Waals surface area (Å²) in [5.41, 5.74) is 1.00. The normalized spacial score (nSPS) is 16.6. The highest BCUT2D eigenvalue weighted by Gasteiger charge is 2.51. The van der Waals surface area contributed by atoms with Crippen molar-refractivity contribution in [3.05, 3.63) is 53.9 Å². The SMILES string of the molecule is Cc1cccc(C(NC(=O)C2(Cn3cccn3)CC2)C(=O)O)c1. The standard InChI is InChI=1S/C17H19N3O3/c1-12-4-2-5-13(10-12)14(15(21)22)19-16(23)17(6-7-17)11-20-9-3-8-18-20/h2-5,8-10,14H,6-7,11H2,1H3,(H,19,23)(H,21,22). The van der Waals surface area contributed by atoms with Gasteiger partial charge in [-0.15, -0.1) is 0 Å². The Kier molecular flexibility index (Phi) is 3.90. The third-order valence-corrected chi connectivity index (χ3v) is 4.26. The molecule has 1 aromatic heterocycles. The molecule has 1 amide bonds. The van der Waals surface area contributed by atoms with Gasteiger partial charge >= 0.3 is 5.97 Å². The summed E-state index contributed by atoms with van der Waals surface area (Å²) in [5, 5.41) is 16.3. The number of carboxylic acid groups (broad SMARTS) is 1. The molecule has 0 bridgehead atoms. The molecule has 120 valence electrons. The van der Waals surface area contributed by atoms with Crippen molar-refractivity contribution in [1.29, 1.82) is 0 Å². The molecular weight excluding hydrogens is 294 g/mol. The number of benzene rings is 1. The van der Waals surface area contributed by atoms with Crippen molar-refractivity contribution < 1.29 is 14.7 Å². The van der Waals surface area contributed by atoms with Gasteiger partial charge < -0.3 is 10.4 Å². The van der Waals surface area contributed by atoms with Crippen LogP contribution in [0.1, 0.15) is 30.0 Å². The van der Waals surface area contributed by atoms with Gasteiger partial charge in [0.15, 0.2) is 6.04 Å². The summed E-state index contributed by atoms with van der Waals surface area (Å²) in [7, 11) is 0. The average molecular weight is 313 g/mol. The number of aryl methyl sites for hydroxylation is 1. The Morgan fingerprint density at radius 2 is 2.17 bits per heavy atom. The molecule has 0 saturated heterocycles. The van der Waals surface area contributed by atoms with Crippen molar-refractivity contribution in [3.8, 4) is 0 Å². The van der Waals surface area contributed by atoms with Crippen molar-refractivity contribution >= 4 is 11.9 Å². The van der Waals surface area contributed by atoms with Crippen LogP contribution in [0.25, 0.3) is 0 Å². The zero-order chi connectivity index (χ0) is 16.4. The highest BCUT2D eigenvalue weighted by atomic mass is 16.4. The molecule has 1 saturated carbocycles. The van der Waals surface area contributed by atoms with E-state index in [0.717, 1.165) is 18.4 Å². The lowest BCUT2D eigenvalue weighted by atomic mass is 10.0. The molecule has 1 aliphatic rings. The minimum atomic E-state index is -1.06. The molecule has 2 aromatic rings. The molecule has 6 heteroatoms. The maximum absolute atomic E-state index is 12.6. The molecule has 0 radical (unpaired) electrons. The van der Waals surface area contributed by atoms with Gasteiger partial charge in [-0.2, -0.15) is 5.10 Å². The molecular formula is C17H19N3O3. The van der Waals surface area contributed by atoms with Crippen LogP contribution in [0.5, 0.6) is 0 Å². The number of carboxylic acids is 1. The van der Waals surface area contributed by atoms with E-state index < -0.39 is 17.4 Å². The molecule has 23 heavy (non-hydrogen) atoms. The number of hydrogen-bond donors (Lipinski definition) is 2. The second kappa shape index (κ2) is 5.87. The molecule has 1 heterocycles. The van der Waals surface area contributed by atoms with Gasteiger partial charge in [-0.1, -0.05) is 29.8 Å². The Morgan fingerprint density at radius 3 is 2.74 bits per heavy atom. The maximum atomic E-state index is 12.6. The third-order valence-electron chi connectivity index (χ3n) is 4.26. The van der Waals surface area contributed by atoms with Crippen molar-refractivity contribution in [2.45, 2.75) is 32.4 Å². The molecule has 0 spiro atoms. The number of nitrogens with zero attached hydrogens (tertiary/aromatic N) is 2. The van der Waals surface area contributed by atoms with Crippen LogP contribution in [0.2, 0.25) is 0 Å². The molecule has 6 nitrogen and oxygen atoms in total. The highest BCUT2D eigenvalue weighted by molar-refractivity contribution is 5.89. The summed E-state index contributed by atoms with van der Waals surface area (Å²) in [6.45, 7) is 2.37. The van der Waals surface area contributed by atoms with Crippen LogP contribution in [0, 0.1) is 12.3 Å². The van der Waals surface area contributed by atoms with Crippen LogP contribution in [0.3, 0.4) is 0 Å². The smallest absolute Gasteiger partial charge is 0.330 e. The number of carbonyl (C=O) groups is 2. The van der Waals surface area contributed by atoms with Gasteiger partial charge in [0.25, 0.3) is 0 Å². The van der Waals surface area contributed by atoms with E-state index in [1.54, 1.807) is 35.1 Å². The Labute approximate surface area is 134 Å². The third kappa shape index (κ3) is 3.26. The number of carbonyl (C=O) groups excluding carboxylic acids is 1. The van der Waals surface area contributed by atoms with E-state index in [1.807, 2.05) is 19.2 Å². The van der Waals surface area contributed by atoms with E-state index in [9.17, 15) is 14.7 Å². The zero-order valence-electron chi connectivity index (χ0n) is 12.9. The van der Waals surface area contributed by atoms with Gasteiger partial charge in [-0.3, -0.25) is 9.48 Å². The van der Waals surface area contributed by atoms with E-state index in [1.165, 1.54) is 0 Å². The van der Waals surface area contributed by atoms with Crippen molar-refractivity contribution in [2.24, 2.45) is 5.41 Å². The molecule has 1 fully saturated rings. The number of rotatable bonds is 6. The number of nitrogens with one attached hydrogen (secondary N) is 1. The minimum Gasteiger partial charge on any atom is -0.479 e. The summed E-state index contributed by atoms with van der Waals surface area (Å²) in [6, 6.07) is 7.97. The number of amides is 1. The van der Waals surface area contributed by atoms with E-state index in [0.29, 0.717) is 12.1 Å². The van der Waals surface area contributed by atoms with E-state index >= 15 is 0 Å². The van der Waals surface area contributed by atoms with Gasteiger partial charge in [0.2, 0.25) is 5.91 Å². The van der Waals surface area contributed by atoms with Crippen molar-refractivity contribution in [3.63, 3.8) is 0 Å². The molecule has 1 aromatic carbocycles. The first-order valence-electron chi connectivity index (χ1n) is 7.58. The van der Waals surface area contributed by atoms with Gasteiger partial charge in [0.1, 0.15) is 0 Å². The van der Waals surface area contributed by atoms with Crippen LogP contribution >= 0.6 is 0 Å². The monoisotopic (exact) mass is 313 g/mol. The van der Waals surface area contributed by atoms with E-state index in [2.05, 4.69) is 10.4 Å². The average Bonchev–Trinajstić information content (AvgIpc) is 3.11. The van der Waals surface area contributed by atoms with Gasteiger partial charge in [0, 0.05) is 12.4 Å². The second-order valence-electron chi connectivity index (χ2n) is 6.14. The fourth-order valence-electron chi connectivity index (χ4n) is 2.73. The molecule has 0 aliphatic heterocycles. The first kappa shape index (κ1) is 15.3. The van der Waals surface area contributed by atoms with E-state index in [4.69, 9.17) is 0 Å². The molecule has 1 unspecified atom stereocenters. The predicted molar refractivity (Wildman–Crippen MR) is 83.6 cm³/mol. The van der Waals surface area contributed by atoms with Gasteiger partial charge in [-0.25, -0.2) is 4.79 Å². The quantitative estimate of drug-likeness (QED) is 0.853. The second-order valence-corrected chi connectivity index (χ2v) is 6.14. The zero-order valence-corrected chi connectivity index (χ0v) is 12.9. The van der Waals surface area contributed by atoms with Gasteiger partial charge in [0.05, 0.1) is 12.0 Å². The highest BCUT2D eigenvalue weighted by Crippen LogP contribution is 2.47. The molecule has 2 N–H and O–H groups in total. The summed E-state index contributed by atoms with van der Waals surface area (Å²) < 4.78 is 1.72. The molecule has 1 atom stereocenters. The topological polar surface area (TPSA) is 84.2 Å². The number of hydrogen-bond acceptors (Lipinski definition) is 3. The van der Waals surface area contributed by atoms with Crippen molar-refractivity contribution in [2.75, 3.05) is 0 Å². The summed E-state index contributed by atoms with van der Waals surface area (Å²) in [4.78, 5) is 24.2. The lowest BCUT2D eigenvalue weighted by Crippen LogP contribution is -2.40. The predicted octanol–water partition coefficient (Wildman–Crippen LogP) is 1.91. The maximum Gasteiger partial charge on any atom is 0.330 e. The van der Waals surface area contributed by atoms with Crippen LogP contribution in [0.4, 0.5) is 0 Å². The van der Waals surface area contributed by atoms with Crippen LogP contribution in [-0.2, 0) is 16.1 Å². The molecule has 1 aliphatic carbocycles. The number of aromatic nitrogens is 2. The summed E-state index contributed by atoms with van der Waals surface area (Å²) in [5.74, 6) is -1.28. The first-order chi connectivity index (χ1) is 11.0. The fraction of sp³-hybridized carbons (Fsp3) is 0.353. The van der Waals surface area contributed by atoms with E-state index in [-0.39, 0.29) is 5.91 Å². The van der Waals surface area contributed by atoms with Gasteiger partial charge in [-0.05, 0) is 31.4 Å². The van der Waals surface area contributed by atoms with Crippen molar-refractivity contribution in [1.82, 2.24) is 15.1 Å². The minimum absolute atomic E-state index is 0.220. The molecule has 3 rings (SSSR count). The lowest BCUT2D eigenvalue weighted by molar-refractivity contribution is -0.143. The van der Waals surface area contributed by atoms with Crippen LogP contribution in [0.15, 0.2) is 42.7 Å². The Bertz CT molecular complexity index is 720. The largest absolute Gasteiger partial charge is 0.479 e. The summed E-state index contributed by atoms with van der Waals surface area (Å²) >= 11 is 0. The Hall–Kier alpha value is -2.63. The van der Waals surface area contributed by atoms with Crippen LogP contribution in [-0.4, -0.2) is 26.8 Å². The first-order valence-corrected chi connectivity index (χ1v) is 7.58.